The van der Waals surface area contributed by atoms with Gasteiger partial charge in [-0.3, -0.25) is 9.69 Å². The second-order valence-electron chi connectivity index (χ2n) is 8.49. The van der Waals surface area contributed by atoms with E-state index in [4.69, 9.17) is 30.5 Å². The highest BCUT2D eigenvalue weighted by Gasteiger charge is 2.34. The molecular weight excluding hydrogens is 539 g/mol. The van der Waals surface area contributed by atoms with Gasteiger partial charge in [0, 0.05) is 0 Å². The molecule has 5 rings (SSSR count). The van der Waals surface area contributed by atoms with E-state index in [1.807, 2.05) is 43.3 Å². The number of ether oxygens (including phenoxy) is 2. The van der Waals surface area contributed by atoms with Crippen LogP contribution in [0.3, 0.4) is 0 Å². The monoisotopic (exact) mass is 562 g/mol. The Morgan fingerprint density at radius 3 is 2.56 bits per heavy atom. The molecule has 198 valence electrons. The van der Waals surface area contributed by atoms with Crippen molar-refractivity contribution >= 4 is 46.2 Å². The normalized spacial score (nSPS) is 15.4. The van der Waals surface area contributed by atoms with Crippen molar-refractivity contribution in [1.82, 2.24) is 4.90 Å². The number of aliphatic imine (C=N–C) groups is 1. The predicted octanol–water partition coefficient (Wildman–Crippen LogP) is 7.85. The second-order valence-corrected chi connectivity index (χ2v) is 9.91. The van der Waals surface area contributed by atoms with Crippen LogP contribution >= 0.6 is 23.4 Å². The highest BCUT2D eigenvalue weighted by Crippen LogP contribution is 2.40. The van der Waals surface area contributed by atoms with Gasteiger partial charge >= 0.3 is 0 Å². The van der Waals surface area contributed by atoms with E-state index in [9.17, 15) is 9.18 Å². The number of rotatable bonds is 9. The first-order valence-electron chi connectivity index (χ1n) is 12.2. The molecule has 3 aromatic carbocycles. The lowest BCUT2D eigenvalue weighted by molar-refractivity contribution is -0.122. The van der Waals surface area contributed by atoms with E-state index in [0.29, 0.717) is 44.5 Å². The van der Waals surface area contributed by atoms with Crippen LogP contribution in [0.4, 0.5) is 10.1 Å². The number of carbonyl (C=O) groups excluding carboxylic acids is 1. The maximum Gasteiger partial charge on any atom is 0.267 e. The lowest BCUT2D eigenvalue weighted by atomic mass is 10.1. The summed E-state index contributed by atoms with van der Waals surface area (Å²) in [5.74, 6) is 0.955. The molecule has 0 saturated carbocycles. The summed E-state index contributed by atoms with van der Waals surface area (Å²) in [7, 11) is 0. The maximum atomic E-state index is 13.5. The fourth-order valence-electron chi connectivity index (χ4n) is 3.86. The molecular formula is C30H24ClFN2O4S. The van der Waals surface area contributed by atoms with Gasteiger partial charge in [0.05, 0.1) is 35.0 Å². The van der Waals surface area contributed by atoms with E-state index in [1.165, 1.54) is 23.9 Å². The third-order valence-electron chi connectivity index (χ3n) is 5.69. The lowest BCUT2D eigenvalue weighted by Gasteiger charge is -2.15. The summed E-state index contributed by atoms with van der Waals surface area (Å²) in [6.45, 7) is 2.69. The number of halogens is 2. The zero-order valence-corrected chi connectivity index (χ0v) is 22.5. The van der Waals surface area contributed by atoms with Crippen LogP contribution in [0.1, 0.15) is 23.8 Å². The fourth-order valence-corrected chi connectivity index (χ4v) is 5.14. The molecule has 4 aromatic rings. The number of thioether (sulfide) groups is 1. The van der Waals surface area contributed by atoms with Gasteiger partial charge in [0.25, 0.3) is 5.91 Å². The maximum absolute atomic E-state index is 13.5. The Labute approximate surface area is 234 Å². The molecule has 1 saturated heterocycles. The molecule has 1 aliphatic rings. The molecule has 6 nitrogen and oxygen atoms in total. The molecule has 0 bridgehead atoms. The molecule has 0 radical (unpaired) electrons. The van der Waals surface area contributed by atoms with Gasteiger partial charge in [-0.1, -0.05) is 41.9 Å². The summed E-state index contributed by atoms with van der Waals surface area (Å²) in [5.41, 5.74) is 2.20. The Morgan fingerprint density at radius 1 is 1.05 bits per heavy atom. The number of amidine groups is 1. The van der Waals surface area contributed by atoms with E-state index in [1.54, 1.807) is 47.6 Å². The summed E-state index contributed by atoms with van der Waals surface area (Å²) in [6, 6.07) is 22.6. The summed E-state index contributed by atoms with van der Waals surface area (Å²) >= 11 is 7.89. The fraction of sp³-hybridized carbons (Fsp3) is 0.133. The number of benzene rings is 3. The first kappa shape index (κ1) is 26.6. The number of amides is 1. The first-order chi connectivity index (χ1) is 19.0. The van der Waals surface area contributed by atoms with Gasteiger partial charge in [-0.15, -0.1) is 0 Å². The quantitative estimate of drug-likeness (QED) is 0.194. The van der Waals surface area contributed by atoms with Crippen molar-refractivity contribution in [2.24, 2.45) is 4.99 Å². The standard InChI is InChI=1S/C30H24ClFN2O4S/c1-2-36-26-16-21(15-25(31)28(26)38-19-20-10-12-22(32)13-11-20)17-27-29(35)34(18-24-9-6-14-37-24)30(39-27)33-23-7-4-3-5-8-23/h3-17H,2,18-19H2,1H3/b27-17-,33-30?. The molecule has 39 heavy (non-hydrogen) atoms. The first-order valence-corrected chi connectivity index (χ1v) is 13.4. The second kappa shape index (κ2) is 12.2. The molecule has 0 aliphatic carbocycles. The molecule has 0 N–H and O–H groups in total. The Kier molecular flexibility index (Phi) is 8.34. The molecule has 0 unspecified atom stereocenters. The van der Waals surface area contributed by atoms with Crippen LogP contribution in [0.25, 0.3) is 6.08 Å². The smallest absolute Gasteiger partial charge is 0.267 e. The highest BCUT2D eigenvalue weighted by molar-refractivity contribution is 8.18. The minimum Gasteiger partial charge on any atom is -0.490 e. The molecule has 9 heteroatoms. The Morgan fingerprint density at radius 2 is 1.85 bits per heavy atom. The molecule has 2 heterocycles. The van der Waals surface area contributed by atoms with Crippen LogP contribution in [0.5, 0.6) is 11.5 Å². The topological polar surface area (TPSA) is 64.3 Å². The average Bonchev–Trinajstić information content (AvgIpc) is 3.54. The van der Waals surface area contributed by atoms with Crippen LogP contribution in [0.15, 0.2) is 99.4 Å². The van der Waals surface area contributed by atoms with E-state index in [2.05, 4.69) is 0 Å². The molecule has 1 fully saturated rings. The SMILES string of the molecule is CCOc1cc(/C=C2\SC(=Nc3ccccc3)N(Cc3ccco3)C2=O)cc(Cl)c1OCc1ccc(F)cc1. The van der Waals surface area contributed by atoms with Crippen molar-refractivity contribution in [3.63, 3.8) is 0 Å². The van der Waals surface area contributed by atoms with E-state index >= 15 is 0 Å². The number of para-hydroxylation sites is 1. The van der Waals surface area contributed by atoms with Crippen molar-refractivity contribution in [3.05, 3.63) is 118 Å². The Hall–Kier alpha value is -4.01. The minimum atomic E-state index is -0.316. The van der Waals surface area contributed by atoms with Crippen molar-refractivity contribution in [1.29, 1.82) is 0 Å². The van der Waals surface area contributed by atoms with Crippen LogP contribution < -0.4 is 9.47 Å². The molecule has 1 amide bonds. The van der Waals surface area contributed by atoms with Crippen molar-refractivity contribution in [2.75, 3.05) is 6.61 Å². The zero-order valence-electron chi connectivity index (χ0n) is 21.0. The van der Waals surface area contributed by atoms with Gasteiger partial charge in [-0.05, 0) is 84.4 Å². The molecule has 1 aromatic heterocycles. The van der Waals surface area contributed by atoms with E-state index < -0.39 is 0 Å². The number of furan rings is 1. The summed E-state index contributed by atoms with van der Waals surface area (Å²) in [4.78, 5) is 20.3. The zero-order chi connectivity index (χ0) is 27.2. The molecule has 0 spiro atoms. The number of nitrogens with zero attached hydrogens (tertiary/aromatic N) is 2. The summed E-state index contributed by atoms with van der Waals surface area (Å²) < 4.78 is 30.5. The summed E-state index contributed by atoms with van der Waals surface area (Å²) in [6.07, 6.45) is 3.33. The number of carbonyl (C=O) groups is 1. The van der Waals surface area contributed by atoms with Gasteiger partial charge in [0.2, 0.25) is 0 Å². The van der Waals surface area contributed by atoms with Crippen LogP contribution in [-0.4, -0.2) is 22.6 Å². The predicted molar refractivity (Wildman–Crippen MR) is 152 cm³/mol. The highest BCUT2D eigenvalue weighted by atomic mass is 35.5. The van der Waals surface area contributed by atoms with E-state index in [-0.39, 0.29) is 24.9 Å². The Bertz CT molecular complexity index is 1510. The third-order valence-corrected chi connectivity index (χ3v) is 6.98. The van der Waals surface area contributed by atoms with Gasteiger partial charge in [0.15, 0.2) is 16.7 Å². The summed E-state index contributed by atoms with van der Waals surface area (Å²) in [5, 5.41) is 0.875. The van der Waals surface area contributed by atoms with E-state index in [0.717, 1.165) is 11.3 Å². The van der Waals surface area contributed by atoms with Crippen LogP contribution in [0, 0.1) is 5.82 Å². The van der Waals surface area contributed by atoms with Crippen LogP contribution in [-0.2, 0) is 17.9 Å². The van der Waals surface area contributed by atoms with Gasteiger partial charge < -0.3 is 13.9 Å². The number of hydrogen-bond donors (Lipinski definition) is 0. The van der Waals surface area contributed by atoms with Crippen molar-refractivity contribution < 1.29 is 23.1 Å². The third kappa shape index (κ3) is 6.53. The number of hydrogen-bond acceptors (Lipinski definition) is 6. The lowest BCUT2D eigenvalue weighted by Crippen LogP contribution is -2.28. The average molecular weight is 563 g/mol. The minimum absolute atomic E-state index is 0.190. The van der Waals surface area contributed by atoms with Gasteiger partial charge in [0.1, 0.15) is 18.2 Å². The molecule has 0 atom stereocenters. The largest absolute Gasteiger partial charge is 0.490 e. The van der Waals surface area contributed by atoms with Crippen LogP contribution in [0.2, 0.25) is 5.02 Å². The Balaban J connectivity index is 1.44. The van der Waals surface area contributed by atoms with Gasteiger partial charge in [-0.2, -0.15) is 0 Å². The van der Waals surface area contributed by atoms with Crippen molar-refractivity contribution in [3.8, 4) is 11.5 Å². The van der Waals surface area contributed by atoms with Crippen molar-refractivity contribution in [2.45, 2.75) is 20.1 Å². The molecule has 1 aliphatic heterocycles. The van der Waals surface area contributed by atoms with Gasteiger partial charge in [-0.25, -0.2) is 9.38 Å².